The zero-order valence-corrected chi connectivity index (χ0v) is 12.2. The van der Waals surface area contributed by atoms with E-state index in [2.05, 4.69) is 29.7 Å². The third-order valence-corrected chi connectivity index (χ3v) is 3.46. The van der Waals surface area contributed by atoms with Gasteiger partial charge in [-0.3, -0.25) is 10.1 Å². The molecule has 0 atom stereocenters. The minimum Gasteiger partial charge on any atom is -0.382 e. The predicted molar refractivity (Wildman–Crippen MR) is 86.0 cm³/mol. The van der Waals surface area contributed by atoms with Crippen LogP contribution < -0.4 is 10.6 Å². The van der Waals surface area contributed by atoms with Gasteiger partial charge in [-0.15, -0.1) is 0 Å². The lowest BCUT2D eigenvalue weighted by Gasteiger charge is -2.11. The number of aryl methyl sites for hydroxylation is 1. The van der Waals surface area contributed by atoms with Gasteiger partial charge in [0.15, 0.2) is 0 Å². The standard InChI is InChI=1S/C16H19N3O2/c1-12-6-3-4-7-13(12)10-11-18-15-9-5-8-14(17-2)16(15)19(20)21/h3-9,17-18H,10-11H2,1-2H3. The second kappa shape index (κ2) is 6.74. The van der Waals surface area contributed by atoms with Crippen LogP contribution in [0.15, 0.2) is 42.5 Å². The number of nitrogens with zero attached hydrogens (tertiary/aromatic N) is 1. The molecule has 0 unspecified atom stereocenters. The summed E-state index contributed by atoms with van der Waals surface area (Å²) in [6, 6.07) is 13.4. The molecule has 0 saturated carbocycles. The number of rotatable bonds is 6. The Bertz CT molecular complexity index is 641. The average Bonchev–Trinajstić information content (AvgIpc) is 2.48. The van der Waals surface area contributed by atoms with Crippen LogP contribution in [0.3, 0.4) is 0 Å². The zero-order valence-electron chi connectivity index (χ0n) is 12.2. The van der Waals surface area contributed by atoms with Crippen molar-refractivity contribution >= 4 is 17.1 Å². The summed E-state index contributed by atoms with van der Waals surface area (Å²) in [5, 5.41) is 17.2. The summed E-state index contributed by atoms with van der Waals surface area (Å²) in [5.74, 6) is 0. The fourth-order valence-corrected chi connectivity index (χ4v) is 2.31. The molecule has 0 amide bonds. The van der Waals surface area contributed by atoms with Gasteiger partial charge in [0.2, 0.25) is 0 Å². The molecule has 21 heavy (non-hydrogen) atoms. The van der Waals surface area contributed by atoms with E-state index in [-0.39, 0.29) is 10.6 Å². The van der Waals surface area contributed by atoms with Crippen LogP contribution in [0.25, 0.3) is 0 Å². The molecular formula is C16H19N3O2. The molecule has 110 valence electrons. The molecule has 0 bridgehead atoms. The number of nitrogens with one attached hydrogen (secondary N) is 2. The first-order chi connectivity index (χ1) is 10.1. The third kappa shape index (κ3) is 3.51. The molecular weight excluding hydrogens is 266 g/mol. The number of benzene rings is 2. The third-order valence-electron chi connectivity index (χ3n) is 3.46. The van der Waals surface area contributed by atoms with Gasteiger partial charge in [-0.05, 0) is 36.6 Å². The van der Waals surface area contributed by atoms with Crippen molar-refractivity contribution in [2.24, 2.45) is 0 Å². The highest BCUT2D eigenvalue weighted by atomic mass is 16.6. The summed E-state index contributed by atoms with van der Waals surface area (Å²) in [7, 11) is 1.68. The molecule has 0 aliphatic heterocycles. The Kier molecular flexibility index (Phi) is 4.77. The highest BCUT2D eigenvalue weighted by molar-refractivity contribution is 5.76. The maximum atomic E-state index is 11.2. The first-order valence-electron chi connectivity index (χ1n) is 6.87. The molecule has 0 aliphatic carbocycles. The minimum absolute atomic E-state index is 0.0878. The number of hydrogen-bond acceptors (Lipinski definition) is 4. The van der Waals surface area contributed by atoms with E-state index in [1.165, 1.54) is 11.1 Å². The van der Waals surface area contributed by atoms with Crippen molar-refractivity contribution < 1.29 is 4.92 Å². The molecule has 2 aromatic rings. The summed E-state index contributed by atoms with van der Waals surface area (Å²) in [6.07, 6.45) is 0.827. The molecule has 5 nitrogen and oxygen atoms in total. The van der Waals surface area contributed by atoms with Crippen molar-refractivity contribution in [1.82, 2.24) is 0 Å². The highest BCUT2D eigenvalue weighted by Gasteiger charge is 2.18. The van der Waals surface area contributed by atoms with E-state index in [9.17, 15) is 10.1 Å². The van der Waals surface area contributed by atoms with Gasteiger partial charge in [0.25, 0.3) is 0 Å². The normalized spacial score (nSPS) is 10.2. The molecule has 0 radical (unpaired) electrons. The number of anilines is 2. The van der Waals surface area contributed by atoms with E-state index < -0.39 is 0 Å². The van der Waals surface area contributed by atoms with Crippen LogP contribution >= 0.6 is 0 Å². The number of para-hydroxylation sites is 1. The lowest BCUT2D eigenvalue weighted by molar-refractivity contribution is -0.383. The van der Waals surface area contributed by atoms with E-state index >= 15 is 0 Å². The van der Waals surface area contributed by atoms with E-state index in [0.29, 0.717) is 17.9 Å². The minimum atomic E-state index is -0.359. The summed E-state index contributed by atoms with van der Waals surface area (Å²) < 4.78 is 0. The molecule has 2 N–H and O–H groups in total. The quantitative estimate of drug-likeness (QED) is 0.628. The van der Waals surface area contributed by atoms with Gasteiger partial charge >= 0.3 is 5.69 Å². The molecule has 0 saturated heterocycles. The monoisotopic (exact) mass is 285 g/mol. The Morgan fingerprint density at radius 3 is 2.48 bits per heavy atom. The van der Waals surface area contributed by atoms with E-state index in [4.69, 9.17) is 0 Å². The maximum absolute atomic E-state index is 11.2. The van der Waals surface area contributed by atoms with E-state index in [0.717, 1.165) is 6.42 Å². The Morgan fingerprint density at radius 1 is 1.10 bits per heavy atom. The lowest BCUT2D eigenvalue weighted by Crippen LogP contribution is -2.08. The summed E-state index contributed by atoms with van der Waals surface area (Å²) in [6.45, 7) is 2.72. The summed E-state index contributed by atoms with van der Waals surface area (Å²) in [4.78, 5) is 10.9. The largest absolute Gasteiger partial charge is 0.382 e. The van der Waals surface area contributed by atoms with Gasteiger partial charge in [0.1, 0.15) is 11.4 Å². The second-order valence-electron chi connectivity index (χ2n) is 4.81. The van der Waals surface area contributed by atoms with E-state index in [1.807, 2.05) is 12.1 Å². The summed E-state index contributed by atoms with van der Waals surface area (Å²) >= 11 is 0. The van der Waals surface area contributed by atoms with Crippen molar-refractivity contribution in [2.45, 2.75) is 13.3 Å². The number of nitro groups is 1. The first-order valence-corrected chi connectivity index (χ1v) is 6.87. The molecule has 0 fully saturated rings. The van der Waals surface area contributed by atoms with Crippen LogP contribution in [0.2, 0.25) is 0 Å². The number of hydrogen-bond donors (Lipinski definition) is 2. The zero-order chi connectivity index (χ0) is 15.2. The molecule has 2 rings (SSSR count). The number of nitro benzene ring substituents is 1. The van der Waals surface area contributed by atoms with Crippen molar-refractivity contribution in [2.75, 3.05) is 24.2 Å². The van der Waals surface area contributed by atoms with Gasteiger partial charge in [-0.25, -0.2) is 0 Å². The van der Waals surface area contributed by atoms with Crippen LogP contribution in [-0.4, -0.2) is 18.5 Å². The molecule has 5 heteroatoms. The first kappa shape index (κ1) is 14.8. The average molecular weight is 285 g/mol. The Hall–Kier alpha value is -2.56. The fraction of sp³-hybridized carbons (Fsp3) is 0.250. The van der Waals surface area contributed by atoms with Gasteiger partial charge in [0, 0.05) is 13.6 Å². The Labute approximate surface area is 124 Å². The van der Waals surface area contributed by atoms with Crippen molar-refractivity contribution in [3.63, 3.8) is 0 Å². The molecule has 2 aromatic carbocycles. The predicted octanol–water partition coefficient (Wildman–Crippen LogP) is 3.60. The van der Waals surface area contributed by atoms with Crippen LogP contribution in [-0.2, 0) is 6.42 Å². The van der Waals surface area contributed by atoms with Crippen LogP contribution in [0, 0.1) is 17.0 Å². The topological polar surface area (TPSA) is 67.2 Å². The fourth-order valence-electron chi connectivity index (χ4n) is 2.31. The van der Waals surface area contributed by atoms with Crippen molar-refractivity contribution in [1.29, 1.82) is 0 Å². The van der Waals surface area contributed by atoms with Crippen molar-refractivity contribution in [3.8, 4) is 0 Å². The summed E-state index contributed by atoms with van der Waals surface area (Å²) in [5.41, 5.74) is 3.63. The van der Waals surface area contributed by atoms with Gasteiger partial charge < -0.3 is 10.6 Å². The molecule has 0 heterocycles. The second-order valence-corrected chi connectivity index (χ2v) is 4.81. The molecule has 0 aromatic heterocycles. The van der Waals surface area contributed by atoms with Gasteiger partial charge in [-0.2, -0.15) is 0 Å². The van der Waals surface area contributed by atoms with Gasteiger partial charge in [0.05, 0.1) is 4.92 Å². The van der Waals surface area contributed by atoms with Gasteiger partial charge in [-0.1, -0.05) is 30.3 Å². The van der Waals surface area contributed by atoms with Crippen molar-refractivity contribution in [3.05, 3.63) is 63.7 Å². The lowest BCUT2D eigenvalue weighted by atomic mass is 10.1. The van der Waals surface area contributed by atoms with Crippen LogP contribution in [0.5, 0.6) is 0 Å². The Balaban J connectivity index is 2.10. The maximum Gasteiger partial charge on any atom is 0.315 e. The van der Waals surface area contributed by atoms with Crippen LogP contribution in [0.1, 0.15) is 11.1 Å². The highest BCUT2D eigenvalue weighted by Crippen LogP contribution is 2.32. The smallest absolute Gasteiger partial charge is 0.315 e. The molecule has 0 aliphatic rings. The molecule has 0 spiro atoms. The SMILES string of the molecule is CNc1cccc(NCCc2ccccc2C)c1[N+](=O)[O-]. The Morgan fingerprint density at radius 2 is 1.81 bits per heavy atom. The van der Waals surface area contributed by atoms with E-state index in [1.54, 1.807) is 25.2 Å². The van der Waals surface area contributed by atoms with Crippen LogP contribution in [0.4, 0.5) is 17.1 Å².